The Balaban J connectivity index is 2.55. The lowest BCUT2D eigenvalue weighted by molar-refractivity contribution is -0.143. The van der Waals surface area contributed by atoms with E-state index >= 15 is 0 Å². The van der Waals surface area contributed by atoms with Crippen molar-refractivity contribution < 1.29 is 19.5 Å². The van der Waals surface area contributed by atoms with E-state index in [9.17, 15) is 14.4 Å². The quantitative estimate of drug-likeness (QED) is 0.800. The van der Waals surface area contributed by atoms with Gasteiger partial charge in [0.1, 0.15) is 6.54 Å². The molecule has 108 valence electrons. The monoisotopic (exact) mass is 278 g/mol. The third-order valence-electron chi connectivity index (χ3n) is 2.74. The highest BCUT2D eigenvalue weighted by Gasteiger charge is 2.16. The molecule has 2 amide bonds. The predicted molar refractivity (Wildman–Crippen MR) is 73.4 cm³/mol. The van der Waals surface area contributed by atoms with Crippen molar-refractivity contribution >= 4 is 17.8 Å². The van der Waals surface area contributed by atoms with Gasteiger partial charge in [-0.3, -0.25) is 14.4 Å². The number of aliphatic carboxylic acids is 1. The first-order valence-electron chi connectivity index (χ1n) is 6.28. The maximum atomic E-state index is 11.8. The summed E-state index contributed by atoms with van der Waals surface area (Å²) in [6, 6.07) is 7.00. The minimum atomic E-state index is -1.08. The normalized spacial score (nSPS) is 9.90. The average Bonchev–Trinajstić information content (AvgIpc) is 2.41. The fraction of sp³-hybridized carbons (Fsp3) is 0.357. The molecule has 1 aromatic rings. The molecule has 0 saturated heterocycles. The summed E-state index contributed by atoms with van der Waals surface area (Å²) < 4.78 is 0. The van der Waals surface area contributed by atoms with Gasteiger partial charge in [-0.1, -0.05) is 17.7 Å². The summed E-state index contributed by atoms with van der Waals surface area (Å²) in [4.78, 5) is 35.4. The average molecular weight is 278 g/mol. The van der Waals surface area contributed by atoms with Crippen LogP contribution in [0.2, 0.25) is 0 Å². The van der Waals surface area contributed by atoms with Gasteiger partial charge >= 0.3 is 5.97 Å². The highest BCUT2D eigenvalue weighted by Crippen LogP contribution is 2.03. The standard InChI is InChI=1S/C14H18N2O4/c1-3-16(9-13(18)19)12(17)8-15-14(20)11-6-4-5-10(2)7-11/h4-7H,3,8-9H2,1-2H3,(H,15,20)(H,18,19). The van der Waals surface area contributed by atoms with Crippen LogP contribution in [0.25, 0.3) is 0 Å². The van der Waals surface area contributed by atoms with Crippen LogP contribution in [0, 0.1) is 6.92 Å². The molecular weight excluding hydrogens is 260 g/mol. The van der Waals surface area contributed by atoms with Gasteiger partial charge in [-0.05, 0) is 26.0 Å². The third-order valence-corrected chi connectivity index (χ3v) is 2.74. The number of aryl methyl sites for hydroxylation is 1. The molecule has 2 N–H and O–H groups in total. The smallest absolute Gasteiger partial charge is 0.323 e. The molecule has 0 fully saturated rings. The van der Waals surface area contributed by atoms with Crippen LogP contribution in [0.4, 0.5) is 0 Å². The largest absolute Gasteiger partial charge is 0.480 e. The van der Waals surface area contributed by atoms with Crippen LogP contribution < -0.4 is 5.32 Å². The highest BCUT2D eigenvalue weighted by molar-refractivity contribution is 5.96. The summed E-state index contributed by atoms with van der Waals surface area (Å²) in [5.74, 6) is -1.85. The van der Waals surface area contributed by atoms with Gasteiger partial charge in [0.15, 0.2) is 0 Å². The topological polar surface area (TPSA) is 86.7 Å². The van der Waals surface area contributed by atoms with E-state index in [2.05, 4.69) is 5.32 Å². The first-order chi connectivity index (χ1) is 9.43. The van der Waals surface area contributed by atoms with Crippen LogP contribution in [-0.4, -0.2) is 47.4 Å². The van der Waals surface area contributed by atoms with E-state index in [0.717, 1.165) is 5.56 Å². The second-order valence-corrected chi connectivity index (χ2v) is 4.35. The van der Waals surface area contributed by atoms with E-state index in [-0.39, 0.29) is 25.5 Å². The molecular formula is C14H18N2O4. The number of nitrogens with zero attached hydrogens (tertiary/aromatic N) is 1. The number of carboxylic acid groups (broad SMARTS) is 1. The Kier molecular flexibility index (Phi) is 5.71. The van der Waals surface area contributed by atoms with Crippen LogP contribution in [0.3, 0.4) is 0 Å². The molecule has 0 aromatic heterocycles. The van der Waals surface area contributed by atoms with E-state index < -0.39 is 11.9 Å². The van der Waals surface area contributed by atoms with Crippen LogP contribution in [0.5, 0.6) is 0 Å². The lowest BCUT2D eigenvalue weighted by Crippen LogP contribution is -2.42. The number of carbonyl (C=O) groups excluding carboxylic acids is 2. The number of carboxylic acids is 1. The molecule has 0 atom stereocenters. The molecule has 6 heteroatoms. The summed E-state index contributed by atoms with van der Waals surface area (Å²) in [6.07, 6.45) is 0. The van der Waals surface area contributed by atoms with Gasteiger partial charge in [0, 0.05) is 12.1 Å². The van der Waals surface area contributed by atoms with Crippen molar-refractivity contribution in [3.05, 3.63) is 35.4 Å². The molecule has 1 rings (SSSR count). The molecule has 6 nitrogen and oxygen atoms in total. The molecule has 0 spiro atoms. The van der Waals surface area contributed by atoms with Crippen molar-refractivity contribution in [3.63, 3.8) is 0 Å². The maximum Gasteiger partial charge on any atom is 0.323 e. The van der Waals surface area contributed by atoms with Crippen LogP contribution in [0.1, 0.15) is 22.8 Å². The van der Waals surface area contributed by atoms with Crippen LogP contribution in [-0.2, 0) is 9.59 Å². The Labute approximate surface area is 117 Å². The lowest BCUT2D eigenvalue weighted by atomic mass is 10.1. The number of benzene rings is 1. The molecule has 0 aliphatic heterocycles. The molecule has 0 aliphatic carbocycles. The minimum Gasteiger partial charge on any atom is -0.480 e. The molecule has 20 heavy (non-hydrogen) atoms. The van der Waals surface area contributed by atoms with Gasteiger partial charge < -0.3 is 15.3 Å². The maximum absolute atomic E-state index is 11.8. The van der Waals surface area contributed by atoms with Gasteiger partial charge in [-0.2, -0.15) is 0 Å². The second-order valence-electron chi connectivity index (χ2n) is 4.35. The van der Waals surface area contributed by atoms with Crippen molar-refractivity contribution in [3.8, 4) is 0 Å². The fourth-order valence-electron chi connectivity index (χ4n) is 1.70. The van der Waals surface area contributed by atoms with Crippen LogP contribution >= 0.6 is 0 Å². The van der Waals surface area contributed by atoms with E-state index in [0.29, 0.717) is 5.56 Å². The molecule has 0 heterocycles. The second kappa shape index (κ2) is 7.28. The summed E-state index contributed by atoms with van der Waals surface area (Å²) in [5.41, 5.74) is 1.42. The van der Waals surface area contributed by atoms with Gasteiger partial charge in [-0.15, -0.1) is 0 Å². The molecule has 0 aliphatic rings. The zero-order chi connectivity index (χ0) is 15.1. The Morgan fingerprint density at radius 1 is 1.30 bits per heavy atom. The lowest BCUT2D eigenvalue weighted by Gasteiger charge is -2.18. The Hall–Kier alpha value is -2.37. The summed E-state index contributed by atoms with van der Waals surface area (Å²) in [6.45, 7) is 3.26. The van der Waals surface area contributed by atoms with E-state index in [1.54, 1.807) is 25.1 Å². The number of carbonyl (C=O) groups is 3. The number of nitrogens with one attached hydrogen (secondary N) is 1. The fourth-order valence-corrected chi connectivity index (χ4v) is 1.70. The molecule has 0 bridgehead atoms. The number of hydrogen-bond donors (Lipinski definition) is 2. The van der Waals surface area contributed by atoms with Gasteiger partial charge in [0.05, 0.1) is 6.54 Å². The van der Waals surface area contributed by atoms with Gasteiger partial charge in [0.2, 0.25) is 5.91 Å². The SMILES string of the molecule is CCN(CC(=O)O)C(=O)CNC(=O)c1cccc(C)c1. The Bertz CT molecular complexity index is 514. The Morgan fingerprint density at radius 2 is 2.00 bits per heavy atom. The summed E-state index contributed by atoms with van der Waals surface area (Å²) in [7, 11) is 0. The zero-order valence-corrected chi connectivity index (χ0v) is 11.5. The van der Waals surface area contributed by atoms with E-state index in [4.69, 9.17) is 5.11 Å². The van der Waals surface area contributed by atoms with E-state index in [1.807, 2.05) is 13.0 Å². The van der Waals surface area contributed by atoms with Gasteiger partial charge in [0.25, 0.3) is 5.91 Å². The van der Waals surface area contributed by atoms with Crippen LogP contribution in [0.15, 0.2) is 24.3 Å². The number of likely N-dealkylation sites (N-methyl/N-ethyl adjacent to an activating group) is 1. The van der Waals surface area contributed by atoms with Crippen molar-refractivity contribution in [1.29, 1.82) is 0 Å². The molecule has 0 radical (unpaired) electrons. The summed E-state index contributed by atoms with van der Waals surface area (Å²) in [5, 5.41) is 11.2. The number of hydrogen-bond acceptors (Lipinski definition) is 3. The predicted octanol–water partition coefficient (Wildman–Crippen LogP) is 0.658. The highest BCUT2D eigenvalue weighted by atomic mass is 16.4. The molecule has 0 unspecified atom stereocenters. The van der Waals surface area contributed by atoms with Crippen molar-refractivity contribution in [2.45, 2.75) is 13.8 Å². The van der Waals surface area contributed by atoms with Crippen molar-refractivity contribution in [2.24, 2.45) is 0 Å². The third kappa shape index (κ3) is 4.72. The minimum absolute atomic E-state index is 0.214. The van der Waals surface area contributed by atoms with Crippen molar-refractivity contribution in [2.75, 3.05) is 19.6 Å². The zero-order valence-electron chi connectivity index (χ0n) is 11.5. The number of amides is 2. The van der Waals surface area contributed by atoms with Gasteiger partial charge in [-0.25, -0.2) is 0 Å². The molecule has 1 aromatic carbocycles. The van der Waals surface area contributed by atoms with Crippen molar-refractivity contribution in [1.82, 2.24) is 10.2 Å². The first kappa shape index (κ1) is 15.7. The molecule has 0 saturated carbocycles. The number of rotatable bonds is 6. The Morgan fingerprint density at radius 3 is 2.55 bits per heavy atom. The van der Waals surface area contributed by atoms with E-state index in [1.165, 1.54) is 4.90 Å². The summed E-state index contributed by atoms with van der Waals surface area (Å²) >= 11 is 0. The first-order valence-corrected chi connectivity index (χ1v) is 6.28.